The van der Waals surface area contributed by atoms with E-state index in [9.17, 15) is 0 Å². The molecule has 0 radical (unpaired) electrons. The van der Waals surface area contributed by atoms with Gasteiger partial charge in [-0.2, -0.15) is 0 Å². The third-order valence-corrected chi connectivity index (χ3v) is 5.75. The number of nitrogens with zero attached hydrogens (tertiary/aromatic N) is 1. The van der Waals surface area contributed by atoms with Crippen molar-refractivity contribution in [3.05, 3.63) is 45.1 Å². The smallest absolute Gasteiger partial charge is 0.161 e. The lowest BCUT2D eigenvalue weighted by molar-refractivity contribution is 0.164. The second-order valence-corrected chi connectivity index (χ2v) is 6.67. The zero-order valence-electron chi connectivity index (χ0n) is 12.4. The first-order valence-corrected chi connectivity index (χ1v) is 8.22. The fourth-order valence-electron chi connectivity index (χ4n) is 3.57. The molecule has 2 aromatic rings. The van der Waals surface area contributed by atoms with Gasteiger partial charge < -0.3 is 9.47 Å². The van der Waals surface area contributed by atoms with Crippen LogP contribution in [0.2, 0.25) is 0 Å². The summed E-state index contributed by atoms with van der Waals surface area (Å²) < 4.78 is 10.9. The quantitative estimate of drug-likeness (QED) is 0.848. The molecule has 0 amide bonds. The number of ether oxygens (including phenoxy) is 2. The minimum absolute atomic E-state index is 0.541. The first-order valence-electron chi connectivity index (χ1n) is 7.34. The van der Waals surface area contributed by atoms with Gasteiger partial charge in [0.1, 0.15) is 0 Å². The van der Waals surface area contributed by atoms with Crippen molar-refractivity contribution in [3.63, 3.8) is 0 Å². The van der Waals surface area contributed by atoms with Crippen molar-refractivity contribution >= 4 is 11.3 Å². The van der Waals surface area contributed by atoms with Crippen molar-refractivity contribution < 1.29 is 9.47 Å². The highest BCUT2D eigenvalue weighted by Crippen LogP contribution is 2.43. The molecule has 1 atom stereocenters. The Kier molecular flexibility index (Phi) is 3.16. The summed E-state index contributed by atoms with van der Waals surface area (Å²) in [5.41, 5.74) is 4.32. The molecule has 3 nitrogen and oxygen atoms in total. The van der Waals surface area contributed by atoms with Crippen molar-refractivity contribution in [2.45, 2.75) is 25.4 Å². The molecule has 0 N–H and O–H groups in total. The molecule has 0 spiro atoms. The van der Waals surface area contributed by atoms with Gasteiger partial charge in [-0.05, 0) is 53.1 Å². The van der Waals surface area contributed by atoms with Crippen LogP contribution in [0, 0.1) is 0 Å². The second kappa shape index (κ2) is 5.04. The van der Waals surface area contributed by atoms with E-state index >= 15 is 0 Å². The highest BCUT2D eigenvalue weighted by molar-refractivity contribution is 7.10. The van der Waals surface area contributed by atoms with E-state index in [1.54, 1.807) is 24.7 Å². The summed E-state index contributed by atoms with van der Waals surface area (Å²) in [5.74, 6) is 1.68. The largest absolute Gasteiger partial charge is 0.493 e. The van der Waals surface area contributed by atoms with Gasteiger partial charge in [-0.1, -0.05) is 0 Å². The van der Waals surface area contributed by atoms with Crippen LogP contribution in [-0.4, -0.2) is 25.7 Å². The SMILES string of the molecule is COc1cc2c(cc1OC)CN1CCc3ccsc3C1C2. The Morgan fingerprint density at radius 2 is 1.86 bits per heavy atom. The molecule has 0 saturated heterocycles. The molecule has 0 bridgehead atoms. The minimum atomic E-state index is 0.541. The lowest BCUT2D eigenvalue weighted by atomic mass is 9.88. The number of hydrogen-bond acceptors (Lipinski definition) is 4. The molecular weight excluding hydrogens is 282 g/mol. The van der Waals surface area contributed by atoms with Gasteiger partial charge in [0, 0.05) is 24.0 Å². The van der Waals surface area contributed by atoms with E-state index in [2.05, 4.69) is 28.5 Å². The first-order chi connectivity index (χ1) is 10.3. The third-order valence-electron chi connectivity index (χ3n) is 4.68. The van der Waals surface area contributed by atoms with Gasteiger partial charge >= 0.3 is 0 Å². The normalized spacial score (nSPS) is 20.4. The van der Waals surface area contributed by atoms with E-state index in [1.807, 2.05) is 11.3 Å². The number of rotatable bonds is 2. The lowest BCUT2D eigenvalue weighted by Gasteiger charge is -2.40. The van der Waals surface area contributed by atoms with E-state index in [0.29, 0.717) is 6.04 Å². The highest BCUT2D eigenvalue weighted by Gasteiger charge is 2.33. The Labute approximate surface area is 129 Å². The van der Waals surface area contributed by atoms with E-state index in [-0.39, 0.29) is 0 Å². The number of methoxy groups -OCH3 is 2. The average Bonchev–Trinajstić information content (AvgIpc) is 3.00. The Morgan fingerprint density at radius 3 is 2.62 bits per heavy atom. The van der Waals surface area contributed by atoms with Crippen molar-refractivity contribution in [1.29, 1.82) is 0 Å². The number of benzene rings is 1. The van der Waals surface area contributed by atoms with Crippen molar-refractivity contribution in [2.75, 3.05) is 20.8 Å². The fraction of sp³-hybridized carbons (Fsp3) is 0.412. The monoisotopic (exact) mass is 301 g/mol. The summed E-state index contributed by atoms with van der Waals surface area (Å²) in [7, 11) is 3.41. The molecule has 1 unspecified atom stereocenters. The van der Waals surface area contributed by atoms with E-state index in [0.717, 1.165) is 31.0 Å². The van der Waals surface area contributed by atoms with Gasteiger partial charge in [0.05, 0.1) is 14.2 Å². The number of thiophene rings is 1. The maximum atomic E-state index is 5.46. The van der Waals surface area contributed by atoms with Crippen molar-refractivity contribution in [2.24, 2.45) is 0 Å². The molecule has 4 heteroatoms. The molecular formula is C17H19NO2S. The third kappa shape index (κ3) is 2.05. The van der Waals surface area contributed by atoms with Crippen molar-refractivity contribution in [3.8, 4) is 11.5 Å². The maximum absolute atomic E-state index is 5.46. The summed E-state index contributed by atoms with van der Waals surface area (Å²) in [6, 6.07) is 7.14. The van der Waals surface area contributed by atoms with Gasteiger partial charge in [-0.15, -0.1) is 11.3 Å². The van der Waals surface area contributed by atoms with E-state index < -0.39 is 0 Å². The van der Waals surface area contributed by atoms with Crippen LogP contribution in [0.3, 0.4) is 0 Å². The minimum Gasteiger partial charge on any atom is -0.493 e. The fourth-order valence-corrected chi connectivity index (χ4v) is 4.66. The van der Waals surface area contributed by atoms with Gasteiger partial charge in [-0.3, -0.25) is 4.90 Å². The Morgan fingerprint density at radius 1 is 1.10 bits per heavy atom. The summed E-state index contributed by atoms with van der Waals surface area (Å²) in [6.07, 6.45) is 2.25. The van der Waals surface area contributed by atoms with Crippen LogP contribution in [0.15, 0.2) is 23.6 Å². The van der Waals surface area contributed by atoms with Gasteiger partial charge in [-0.25, -0.2) is 0 Å². The van der Waals surface area contributed by atoms with Crippen LogP contribution < -0.4 is 9.47 Å². The summed E-state index contributed by atoms with van der Waals surface area (Å²) >= 11 is 1.91. The molecule has 21 heavy (non-hydrogen) atoms. The standard InChI is InChI=1S/C17H19NO2S/c1-19-15-8-12-7-14-17-11(4-6-21-17)3-5-18(14)10-13(12)9-16(15)20-2/h4,6,8-9,14H,3,5,7,10H2,1-2H3. The van der Waals surface area contributed by atoms with Gasteiger partial charge in [0.25, 0.3) is 0 Å². The van der Waals surface area contributed by atoms with Crippen LogP contribution >= 0.6 is 11.3 Å². The zero-order valence-corrected chi connectivity index (χ0v) is 13.2. The van der Waals surface area contributed by atoms with Crippen LogP contribution in [0.25, 0.3) is 0 Å². The highest BCUT2D eigenvalue weighted by atomic mass is 32.1. The Hall–Kier alpha value is -1.52. The van der Waals surface area contributed by atoms with E-state index in [1.165, 1.54) is 17.5 Å². The molecule has 0 fully saturated rings. The average molecular weight is 301 g/mol. The predicted molar refractivity (Wildman–Crippen MR) is 84.4 cm³/mol. The summed E-state index contributed by atoms with van der Waals surface area (Å²) in [6.45, 7) is 2.17. The van der Waals surface area contributed by atoms with Crippen LogP contribution in [0.4, 0.5) is 0 Å². The molecule has 2 aliphatic rings. The van der Waals surface area contributed by atoms with Crippen LogP contribution in [-0.2, 0) is 19.4 Å². The summed E-state index contributed by atoms with van der Waals surface area (Å²) in [5, 5.41) is 2.23. The van der Waals surface area contributed by atoms with Gasteiger partial charge in [0.15, 0.2) is 11.5 Å². The molecule has 4 rings (SSSR count). The van der Waals surface area contributed by atoms with E-state index in [4.69, 9.17) is 9.47 Å². The predicted octanol–water partition coefficient (Wildman–Crippen LogP) is 3.42. The number of fused-ring (bicyclic) bond motifs is 4. The molecule has 1 aromatic heterocycles. The lowest BCUT2D eigenvalue weighted by Crippen LogP contribution is -2.38. The maximum Gasteiger partial charge on any atom is 0.161 e. The van der Waals surface area contributed by atoms with Crippen LogP contribution in [0.5, 0.6) is 11.5 Å². The topological polar surface area (TPSA) is 21.7 Å². The summed E-state index contributed by atoms with van der Waals surface area (Å²) in [4.78, 5) is 4.16. The molecule has 2 aliphatic heterocycles. The molecule has 3 heterocycles. The molecule has 0 saturated carbocycles. The molecule has 110 valence electrons. The Balaban J connectivity index is 1.75. The van der Waals surface area contributed by atoms with Crippen LogP contribution in [0.1, 0.15) is 27.6 Å². The first kappa shape index (κ1) is 13.2. The second-order valence-electron chi connectivity index (χ2n) is 5.73. The molecule has 0 aliphatic carbocycles. The number of hydrogen-bond donors (Lipinski definition) is 0. The zero-order chi connectivity index (χ0) is 14.4. The van der Waals surface area contributed by atoms with Crippen molar-refractivity contribution in [1.82, 2.24) is 4.90 Å². The Bertz CT molecular complexity index is 679. The van der Waals surface area contributed by atoms with Gasteiger partial charge in [0.2, 0.25) is 0 Å². The molecule has 1 aromatic carbocycles.